The van der Waals surface area contributed by atoms with Crippen LogP contribution in [-0.4, -0.2) is 59.0 Å². The number of piperidine rings is 2. The Labute approximate surface area is 133 Å². The topological polar surface area (TPSA) is 60.9 Å². The Kier molecular flexibility index (Phi) is 6.94. The molecule has 1 N–H and O–H groups in total. The van der Waals surface area contributed by atoms with Gasteiger partial charge in [-0.25, -0.2) is 0 Å². The van der Waals surface area contributed by atoms with E-state index in [4.69, 9.17) is 5.11 Å². The molecule has 0 radical (unpaired) electrons. The van der Waals surface area contributed by atoms with Gasteiger partial charge in [0.05, 0.1) is 12.0 Å². The van der Waals surface area contributed by atoms with Crippen LogP contribution in [0.5, 0.6) is 0 Å². The van der Waals surface area contributed by atoms with Crippen LogP contribution in [0.25, 0.3) is 0 Å². The standard InChI is InChI=1S/C15H26N2O3.ClH/c1-11-3-7-17(8-4-11)14(18)12(2)16-9-5-13(6-10-16)15(19)20;/h11-13H,3-10H2,1-2H3,(H,19,20);1H. The van der Waals surface area contributed by atoms with Crippen molar-refractivity contribution < 1.29 is 14.7 Å². The van der Waals surface area contributed by atoms with Gasteiger partial charge in [-0.05, 0) is 51.6 Å². The summed E-state index contributed by atoms with van der Waals surface area (Å²) in [7, 11) is 0. The van der Waals surface area contributed by atoms with Crippen LogP contribution in [0, 0.1) is 11.8 Å². The molecule has 2 aliphatic rings. The second-order valence-electron chi connectivity index (χ2n) is 6.33. The average Bonchev–Trinajstić information content (AvgIpc) is 2.46. The Balaban J connectivity index is 0.00000220. The summed E-state index contributed by atoms with van der Waals surface area (Å²) >= 11 is 0. The molecule has 2 rings (SSSR count). The number of carboxylic acid groups (broad SMARTS) is 1. The van der Waals surface area contributed by atoms with Crippen LogP contribution in [0.1, 0.15) is 39.5 Å². The normalized spacial score (nSPS) is 23.4. The van der Waals surface area contributed by atoms with E-state index in [-0.39, 0.29) is 30.3 Å². The van der Waals surface area contributed by atoms with E-state index in [0.717, 1.165) is 31.8 Å². The predicted molar refractivity (Wildman–Crippen MR) is 83.6 cm³/mol. The minimum absolute atomic E-state index is 0. The molecule has 1 amide bonds. The van der Waals surface area contributed by atoms with Crippen LogP contribution >= 0.6 is 12.4 Å². The molecule has 5 nitrogen and oxygen atoms in total. The van der Waals surface area contributed by atoms with Crippen LogP contribution in [0.4, 0.5) is 0 Å². The third-order valence-corrected chi connectivity index (χ3v) is 4.88. The zero-order valence-electron chi connectivity index (χ0n) is 13.0. The lowest BCUT2D eigenvalue weighted by Crippen LogP contribution is -2.51. The van der Waals surface area contributed by atoms with E-state index in [1.165, 1.54) is 0 Å². The maximum Gasteiger partial charge on any atom is 0.306 e. The van der Waals surface area contributed by atoms with Crippen LogP contribution in [0.15, 0.2) is 0 Å². The van der Waals surface area contributed by atoms with E-state index in [9.17, 15) is 9.59 Å². The Morgan fingerprint density at radius 2 is 1.57 bits per heavy atom. The fourth-order valence-electron chi connectivity index (χ4n) is 3.18. The molecule has 0 aromatic rings. The number of rotatable bonds is 3. The number of nitrogens with zero attached hydrogens (tertiary/aromatic N) is 2. The van der Waals surface area contributed by atoms with E-state index >= 15 is 0 Å². The molecule has 2 saturated heterocycles. The Bertz CT molecular complexity index is 362. The molecule has 0 aromatic heterocycles. The second kappa shape index (κ2) is 7.99. The van der Waals surface area contributed by atoms with Gasteiger partial charge in [0.15, 0.2) is 0 Å². The molecular weight excluding hydrogens is 292 g/mol. The number of hydrogen-bond acceptors (Lipinski definition) is 3. The van der Waals surface area contributed by atoms with Gasteiger partial charge in [-0.1, -0.05) is 6.92 Å². The molecule has 21 heavy (non-hydrogen) atoms. The Hall–Kier alpha value is -0.810. The van der Waals surface area contributed by atoms with Crippen molar-refractivity contribution in [3.8, 4) is 0 Å². The predicted octanol–water partition coefficient (Wildman–Crippen LogP) is 1.85. The van der Waals surface area contributed by atoms with E-state index in [0.29, 0.717) is 25.9 Å². The van der Waals surface area contributed by atoms with E-state index < -0.39 is 5.97 Å². The highest BCUT2D eigenvalue weighted by atomic mass is 35.5. The SMILES string of the molecule is CC1CCN(C(=O)C(C)N2CCC(C(=O)O)CC2)CC1.Cl. The van der Waals surface area contributed by atoms with Gasteiger partial charge in [0, 0.05) is 13.1 Å². The summed E-state index contributed by atoms with van der Waals surface area (Å²) in [5.41, 5.74) is 0. The van der Waals surface area contributed by atoms with Gasteiger partial charge in [0.25, 0.3) is 0 Å². The summed E-state index contributed by atoms with van der Waals surface area (Å²) in [4.78, 5) is 27.6. The highest BCUT2D eigenvalue weighted by Crippen LogP contribution is 2.22. The molecule has 0 aliphatic carbocycles. The molecule has 122 valence electrons. The van der Waals surface area contributed by atoms with Crippen molar-refractivity contribution >= 4 is 24.3 Å². The fourth-order valence-corrected chi connectivity index (χ4v) is 3.18. The number of carboxylic acids is 1. The minimum Gasteiger partial charge on any atom is -0.481 e. The lowest BCUT2D eigenvalue weighted by Gasteiger charge is -2.38. The summed E-state index contributed by atoms with van der Waals surface area (Å²) < 4.78 is 0. The van der Waals surface area contributed by atoms with Crippen molar-refractivity contribution in [1.82, 2.24) is 9.80 Å². The van der Waals surface area contributed by atoms with E-state index in [2.05, 4.69) is 11.8 Å². The van der Waals surface area contributed by atoms with Crippen LogP contribution in [0.2, 0.25) is 0 Å². The lowest BCUT2D eigenvalue weighted by atomic mass is 9.95. The minimum atomic E-state index is -0.700. The molecule has 0 aromatic carbocycles. The zero-order valence-corrected chi connectivity index (χ0v) is 13.8. The van der Waals surface area contributed by atoms with Gasteiger partial charge in [-0.15, -0.1) is 12.4 Å². The van der Waals surface area contributed by atoms with E-state index in [1.807, 2.05) is 11.8 Å². The number of halogens is 1. The number of likely N-dealkylation sites (tertiary alicyclic amines) is 2. The van der Waals surface area contributed by atoms with Gasteiger partial charge in [-0.3, -0.25) is 14.5 Å². The highest BCUT2D eigenvalue weighted by Gasteiger charge is 2.32. The summed E-state index contributed by atoms with van der Waals surface area (Å²) in [5, 5.41) is 9.01. The Morgan fingerprint density at radius 3 is 2.05 bits per heavy atom. The first-order valence-electron chi connectivity index (χ1n) is 7.74. The third kappa shape index (κ3) is 4.58. The van der Waals surface area contributed by atoms with Crippen molar-refractivity contribution in [3.63, 3.8) is 0 Å². The molecule has 1 unspecified atom stereocenters. The molecular formula is C15H27ClN2O3. The second-order valence-corrected chi connectivity index (χ2v) is 6.33. The van der Waals surface area contributed by atoms with Gasteiger partial charge >= 0.3 is 5.97 Å². The van der Waals surface area contributed by atoms with Gasteiger partial charge in [0.2, 0.25) is 5.91 Å². The molecule has 0 bridgehead atoms. The molecule has 2 fully saturated rings. The number of carbonyl (C=O) groups excluding carboxylic acids is 1. The molecule has 2 aliphatic heterocycles. The first kappa shape index (κ1) is 18.2. The largest absolute Gasteiger partial charge is 0.481 e. The van der Waals surface area contributed by atoms with Crippen LogP contribution in [0.3, 0.4) is 0 Å². The molecule has 6 heteroatoms. The van der Waals surface area contributed by atoms with Crippen LogP contribution in [-0.2, 0) is 9.59 Å². The first-order valence-corrected chi connectivity index (χ1v) is 7.74. The zero-order chi connectivity index (χ0) is 14.7. The number of amides is 1. The van der Waals surface area contributed by atoms with Crippen molar-refractivity contribution in [2.45, 2.75) is 45.6 Å². The van der Waals surface area contributed by atoms with Gasteiger partial charge in [0.1, 0.15) is 0 Å². The number of hydrogen-bond donors (Lipinski definition) is 1. The summed E-state index contributed by atoms with van der Waals surface area (Å²) in [6, 6.07) is -0.113. The number of carbonyl (C=O) groups is 2. The molecule has 0 spiro atoms. The smallest absolute Gasteiger partial charge is 0.306 e. The fraction of sp³-hybridized carbons (Fsp3) is 0.867. The van der Waals surface area contributed by atoms with Crippen molar-refractivity contribution in [2.75, 3.05) is 26.2 Å². The lowest BCUT2D eigenvalue weighted by molar-refractivity contribution is -0.144. The first-order chi connectivity index (χ1) is 9.49. The molecule has 0 saturated carbocycles. The monoisotopic (exact) mass is 318 g/mol. The van der Waals surface area contributed by atoms with Crippen molar-refractivity contribution in [1.29, 1.82) is 0 Å². The quantitative estimate of drug-likeness (QED) is 0.862. The van der Waals surface area contributed by atoms with Crippen molar-refractivity contribution in [3.05, 3.63) is 0 Å². The third-order valence-electron chi connectivity index (χ3n) is 4.88. The summed E-state index contributed by atoms with van der Waals surface area (Å²) in [6.45, 7) is 7.37. The maximum absolute atomic E-state index is 12.5. The average molecular weight is 319 g/mol. The number of aliphatic carboxylic acids is 1. The maximum atomic E-state index is 12.5. The van der Waals surface area contributed by atoms with Gasteiger partial charge in [-0.2, -0.15) is 0 Å². The van der Waals surface area contributed by atoms with E-state index in [1.54, 1.807) is 0 Å². The Morgan fingerprint density at radius 1 is 1.05 bits per heavy atom. The van der Waals surface area contributed by atoms with Gasteiger partial charge < -0.3 is 10.0 Å². The molecule has 2 heterocycles. The van der Waals surface area contributed by atoms with Crippen molar-refractivity contribution in [2.24, 2.45) is 11.8 Å². The summed E-state index contributed by atoms with van der Waals surface area (Å²) in [6.07, 6.45) is 3.51. The van der Waals surface area contributed by atoms with Crippen LogP contribution < -0.4 is 0 Å². The highest BCUT2D eigenvalue weighted by molar-refractivity contribution is 5.85. The molecule has 1 atom stereocenters. The summed E-state index contributed by atoms with van der Waals surface area (Å²) in [5.74, 6) is 0.00405.